The first-order valence-electron chi connectivity index (χ1n) is 6.08. The van der Waals surface area contributed by atoms with E-state index in [0.29, 0.717) is 13.0 Å². The maximum Gasteiger partial charge on any atom is 0.0433 e. The topological polar surface area (TPSA) is 26.0 Å². The molecular weight excluding hydrogens is 218 g/mol. The maximum atomic E-state index is 6.06. The molecule has 0 aromatic heterocycles. The van der Waals surface area contributed by atoms with Gasteiger partial charge in [-0.1, -0.05) is 60.7 Å². The molecule has 1 nitrogen and oxygen atoms in total. The van der Waals surface area contributed by atoms with Crippen molar-refractivity contribution < 1.29 is 0 Å². The highest BCUT2D eigenvalue weighted by Crippen LogP contribution is 2.34. The molecule has 1 heteroatoms. The van der Waals surface area contributed by atoms with Crippen molar-refractivity contribution in [1.29, 1.82) is 0 Å². The van der Waals surface area contributed by atoms with Crippen LogP contribution in [0.3, 0.4) is 0 Å². The van der Waals surface area contributed by atoms with Crippen LogP contribution in [0.25, 0.3) is 0 Å². The lowest BCUT2D eigenvalue weighted by Crippen LogP contribution is -2.36. The molecule has 2 aromatic rings. The standard InChI is InChI=1S/C17H17N/c1-2-13-17(14-18,15-9-5-3-6-10-15)16-11-7-4-8-12-16/h1,3-12H,13-14,18H2. The molecule has 0 aliphatic heterocycles. The largest absolute Gasteiger partial charge is 0.329 e. The fourth-order valence-electron chi connectivity index (χ4n) is 2.37. The minimum absolute atomic E-state index is 0.280. The Morgan fingerprint density at radius 1 is 0.889 bits per heavy atom. The molecule has 0 radical (unpaired) electrons. The van der Waals surface area contributed by atoms with Gasteiger partial charge >= 0.3 is 0 Å². The average molecular weight is 235 g/mol. The van der Waals surface area contributed by atoms with E-state index in [1.807, 2.05) is 36.4 Å². The van der Waals surface area contributed by atoms with Crippen LogP contribution in [0.5, 0.6) is 0 Å². The Labute approximate surface area is 109 Å². The van der Waals surface area contributed by atoms with Crippen molar-refractivity contribution >= 4 is 0 Å². The highest BCUT2D eigenvalue weighted by atomic mass is 14.6. The van der Waals surface area contributed by atoms with Crippen molar-refractivity contribution in [3.8, 4) is 12.3 Å². The number of hydrogen-bond donors (Lipinski definition) is 1. The van der Waals surface area contributed by atoms with E-state index in [-0.39, 0.29) is 5.41 Å². The Balaban J connectivity index is 2.58. The smallest absolute Gasteiger partial charge is 0.0433 e. The van der Waals surface area contributed by atoms with Crippen molar-refractivity contribution in [3.63, 3.8) is 0 Å². The van der Waals surface area contributed by atoms with Crippen LogP contribution in [0, 0.1) is 12.3 Å². The van der Waals surface area contributed by atoms with Crippen LogP contribution >= 0.6 is 0 Å². The maximum absolute atomic E-state index is 6.06. The number of rotatable bonds is 4. The van der Waals surface area contributed by atoms with E-state index in [1.54, 1.807) is 0 Å². The quantitative estimate of drug-likeness (QED) is 0.810. The van der Waals surface area contributed by atoms with Crippen LogP contribution in [0.1, 0.15) is 17.5 Å². The van der Waals surface area contributed by atoms with Gasteiger partial charge in [0.2, 0.25) is 0 Å². The Kier molecular flexibility index (Phi) is 3.82. The molecule has 0 saturated heterocycles. The molecule has 0 aliphatic rings. The van der Waals surface area contributed by atoms with Gasteiger partial charge in [-0.05, 0) is 11.1 Å². The van der Waals surface area contributed by atoms with Gasteiger partial charge in [-0.2, -0.15) is 0 Å². The first-order valence-corrected chi connectivity index (χ1v) is 6.08. The van der Waals surface area contributed by atoms with Gasteiger partial charge in [0.1, 0.15) is 0 Å². The molecule has 0 unspecified atom stereocenters. The summed E-state index contributed by atoms with van der Waals surface area (Å²) >= 11 is 0. The summed E-state index contributed by atoms with van der Waals surface area (Å²) in [5.41, 5.74) is 8.14. The minimum Gasteiger partial charge on any atom is -0.329 e. The Bertz CT molecular complexity index is 483. The summed E-state index contributed by atoms with van der Waals surface area (Å²) in [4.78, 5) is 0. The lowest BCUT2D eigenvalue weighted by molar-refractivity contribution is 0.541. The van der Waals surface area contributed by atoms with Crippen LogP contribution in [0.15, 0.2) is 60.7 Å². The molecular formula is C17H17N. The summed E-state index contributed by atoms with van der Waals surface area (Å²) in [6, 6.07) is 20.5. The molecule has 0 saturated carbocycles. The van der Waals surface area contributed by atoms with Crippen LogP contribution < -0.4 is 5.73 Å². The van der Waals surface area contributed by atoms with Gasteiger partial charge in [0.05, 0.1) is 0 Å². The molecule has 2 rings (SSSR count). The third-order valence-electron chi connectivity index (χ3n) is 3.41. The third-order valence-corrected chi connectivity index (χ3v) is 3.41. The van der Waals surface area contributed by atoms with E-state index in [9.17, 15) is 0 Å². The van der Waals surface area contributed by atoms with E-state index < -0.39 is 0 Å². The SMILES string of the molecule is C#CCC(CN)(c1ccccc1)c1ccccc1. The van der Waals surface area contributed by atoms with Crippen molar-refractivity contribution in [1.82, 2.24) is 0 Å². The molecule has 18 heavy (non-hydrogen) atoms. The zero-order valence-corrected chi connectivity index (χ0v) is 10.3. The predicted octanol–water partition coefficient (Wildman–Crippen LogP) is 2.95. The molecule has 0 spiro atoms. The van der Waals surface area contributed by atoms with E-state index in [1.165, 1.54) is 11.1 Å². The zero-order chi connectivity index (χ0) is 12.8. The van der Waals surface area contributed by atoms with Crippen molar-refractivity contribution in [2.24, 2.45) is 5.73 Å². The fraction of sp³-hybridized carbons (Fsp3) is 0.176. The van der Waals surface area contributed by atoms with Gasteiger partial charge in [-0.15, -0.1) is 12.3 Å². The van der Waals surface area contributed by atoms with Gasteiger partial charge in [0.15, 0.2) is 0 Å². The first-order chi connectivity index (χ1) is 8.83. The number of hydrogen-bond acceptors (Lipinski definition) is 1. The van der Waals surface area contributed by atoms with Gasteiger partial charge in [0.25, 0.3) is 0 Å². The Hall–Kier alpha value is -2.04. The highest BCUT2D eigenvalue weighted by Gasteiger charge is 2.31. The molecule has 0 heterocycles. The molecule has 0 bridgehead atoms. The normalized spacial score (nSPS) is 10.9. The van der Waals surface area contributed by atoms with Crippen LogP contribution in [-0.2, 0) is 5.41 Å². The summed E-state index contributed by atoms with van der Waals surface area (Å²) in [5.74, 6) is 2.78. The molecule has 0 aliphatic carbocycles. The Morgan fingerprint density at radius 2 is 1.33 bits per heavy atom. The number of nitrogens with two attached hydrogens (primary N) is 1. The summed E-state index contributed by atoms with van der Waals surface area (Å²) in [6.45, 7) is 0.505. The van der Waals surface area contributed by atoms with Gasteiger partial charge in [0, 0.05) is 18.4 Å². The molecule has 2 N–H and O–H groups in total. The third kappa shape index (κ3) is 2.16. The first kappa shape index (κ1) is 12.4. The fourth-order valence-corrected chi connectivity index (χ4v) is 2.37. The van der Waals surface area contributed by atoms with Gasteiger partial charge < -0.3 is 5.73 Å². The van der Waals surface area contributed by atoms with E-state index in [4.69, 9.17) is 12.2 Å². The summed E-state index contributed by atoms with van der Waals surface area (Å²) in [5, 5.41) is 0. The molecule has 0 fully saturated rings. The van der Waals surface area contributed by atoms with Crippen LogP contribution in [0.4, 0.5) is 0 Å². The highest BCUT2D eigenvalue weighted by molar-refractivity contribution is 5.41. The second-order valence-corrected chi connectivity index (χ2v) is 4.40. The summed E-state index contributed by atoms with van der Waals surface area (Å²) in [7, 11) is 0. The monoisotopic (exact) mass is 235 g/mol. The van der Waals surface area contributed by atoms with Gasteiger partial charge in [-0.3, -0.25) is 0 Å². The second kappa shape index (κ2) is 5.53. The summed E-state index contributed by atoms with van der Waals surface area (Å²) < 4.78 is 0. The lowest BCUT2D eigenvalue weighted by Gasteiger charge is -2.32. The summed E-state index contributed by atoms with van der Waals surface area (Å²) in [6.07, 6.45) is 6.17. The van der Waals surface area contributed by atoms with Gasteiger partial charge in [-0.25, -0.2) is 0 Å². The number of terminal acetylenes is 1. The van der Waals surface area contributed by atoms with E-state index in [0.717, 1.165) is 0 Å². The minimum atomic E-state index is -0.280. The van der Waals surface area contributed by atoms with Crippen molar-refractivity contribution in [2.75, 3.05) is 6.54 Å². The van der Waals surface area contributed by atoms with Crippen LogP contribution in [0.2, 0.25) is 0 Å². The van der Waals surface area contributed by atoms with E-state index >= 15 is 0 Å². The molecule has 0 atom stereocenters. The number of benzene rings is 2. The lowest BCUT2D eigenvalue weighted by atomic mass is 9.72. The van der Waals surface area contributed by atoms with Crippen molar-refractivity contribution in [3.05, 3.63) is 71.8 Å². The predicted molar refractivity (Wildman–Crippen MR) is 76.2 cm³/mol. The molecule has 90 valence electrons. The average Bonchev–Trinajstić information content (AvgIpc) is 2.47. The zero-order valence-electron chi connectivity index (χ0n) is 10.3. The van der Waals surface area contributed by atoms with E-state index in [2.05, 4.69) is 30.2 Å². The Morgan fingerprint density at radius 3 is 1.67 bits per heavy atom. The van der Waals surface area contributed by atoms with Crippen molar-refractivity contribution in [2.45, 2.75) is 11.8 Å². The van der Waals surface area contributed by atoms with Crippen LogP contribution in [-0.4, -0.2) is 6.54 Å². The molecule has 0 amide bonds. The second-order valence-electron chi connectivity index (χ2n) is 4.40. The molecule has 2 aromatic carbocycles.